The van der Waals surface area contributed by atoms with E-state index in [0.29, 0.717) is 12.5 Å². The van der Waals surface area contributed by atoms with Crippen molar-refractivity contribution in [2.24, 2.45) is 5.92 Å². The maximum Gasteiger partial charge on any atom is 0.0638 e. The molecule has 0 spiro atoms. The molecule has 1 rings (SSSR count). The van der Waals surface area contributed by atoms with Crippen molar-refractivity contribution >= 4 is 0 Å². The summed E-state index contributed by atoms with van der Waals surface area (Å²) >= 11 is 0. The largest absolute Gasteiger partial charge is 0.313 e. The molecule has 0 bridgehead atoms. The molecule has 0 amide bonds. The fourth-order valence-electron chi connectivity index (χ4n) is 1.84. The maximum atomic E-state index is 8.51. The Morgan fingerprint density at radius 3 is 2.71 bits per heavy atom. The molecule has 3 nitrogen and oxygen atoms in total. The van der Waals surface area contributed by atoms with Crippen molar-refractivity contribution in [2.75, 3.05) is 26.7 Å². The summed E-state index contributed by atoms with van der Waals surface area (Å²) in [4.78, 5) is 2.38. The second-order valence-corrected chi connectivity index (χ2v) is 4.42. The first-order chi connectivity index (χ1) is 6.72. The molecule has 0 aromatic heterocycles. The molecule has 0 aliphatic carbocycles. The van der Waals surface area contributed by atoms with Gasteiger partial charge in [0.2, 0.25) is 0 Å². The van der Waals surface area contributed by atoms with E-state index >= 15 is 0 Å². The van der Waals surface area contributed by atoms with E-state index in [0.717, 1.165) is 12.5 Å². The van der Waals surface area contributed by atoms with Crippen molar-refractivity contribution in [1.29, 1.82) is 5.26 Å². The molecular formula is C11H21N3. The van der Waals surface area contributed by atoms with Gasteiger partial charge >= 0.3 is 0 Å². The highest BCUT2D eigenvalue weighted by molar-refractivity contribution is 4.79. The van der Waals surface area contributed by atoms with E-state index in [4.69, 9.17) is 5.26 Å². The first kappa shape index (κ1) is 11.5. The topological polar surface area (TPSA) is 39.1 Å². The van der Waals surface area contributed by atoms with Crippen LogP contribution >= 0.6 is 0 Å². The molecule has 0 saturated carbocycles. The van der Waals surface area contributed by atoms with Crippen LogP contribution in [0.3, 0.4) is 0 Å². The van der Waals surface area contributed by atoms with Gasteiger partial charge in [0.15, 0.2) is 0 Å². The molecule has 0 aromatic carbocycles. The fourth-order valence-corrected chi connectivity index (χ4v) is 1.84. The molecule has 1 N–H and O–H groups in total. The van der Waals surface area contributed by atoms with Crippen LogP contribution in [0.2, 0.25) is 0 Å². The first-order valence-electron chi connectivity index (χ1n) is 5.51. The van der Waals surface area contributed by atoms with E-state index < -0.39 is 0 Å². The molecule has 14 heavy (non-hydrogen) atoms. The van der Waals surface area contributed by atoms with Crippen molar-refractivity contribution in [2.45, 2.75) is 32.2 Å². The molecule has 3 heteroatoms. The van der Waals surface area contributed by atoms with Crippen LogP contribution in [0.5, 0.6) is 0 Å². The lowest BCUT2D eigenvalue weighted by molar-refractivity contribution is 0.213. The lowest BCUT2D eigenvalue weighted by Crippen LogP contribution is -2.37. The summed E-state index contributed by atoms with van der Waals surface area (Å²) in [5, 5.41) is 11.9. The quantitative estimate of drug-likeness (QED) is 0.733. The highest BCUT2D eigenvalue weighted by Crippen LogP contribution is 2.14. The molecular weight excluding hydrogens is 174 g/mol. The zero-order valence-electron chi connectivity index (χ0n) is 9.29. The molecule has 1 atom stereocenters. The van der Waals surface area contributed by atoms with Crippen LogP contribution in [-0.4, -0.2) is 37.6 Å². The van der Waals surface area contributed by atoms with Gasteiger partial charge in [0.05, 0.1) is 12.5 Å². The summed E-state index contributed by atoms with van der Waals surface area (Å²) in [5.41, 5.74) is 0. The van der Waals surface area contributed by atoms with Crippen molar-refractivity contribution in [1.82, 2.24) is 10.2 Å². The van der Waals surface area contributed by atoms with Crippen LogP contribution in [-0.2, 0) is 0 Å². The maximum absolute atomic E-state index is 8.51. The first-order valence-corrected chi connectivity index (χ1v) is 5.51. The summed E-state index contributed by atoms with van der Waals surface area (Å²) in [5.74, 6) is 0.812. The van der Waals surface area contributed by atoms with Crippen molar-refractivity contribution in [3.63, 3.8) is 0 Å². The zero-order valence-corrected chi connectivity index (χ0v) is 9.29. The fraction of sp³-hybridized carbons (Fsp3) is 0.909. The molecule has 0 aromatic rings. The van der Waals surface area contributed by atoms with Gasteiger partial charge in [-0.05, 0) is 52.4 Å². The third-order valence-electron chi connectivity index (χ3n) is 2.99. The van der Waals surface area contributed by atoms with Gasteiger partial charge < -0.3 is 10.2 Å². The minimum Gasteiger partial charge on any atom is -0.313 e. The molecule has 1 unspecified atom stereocenters. The van der Waals surface area contributed by atoms with Crippen LogP contribution < -0.4 is 5.32 Å². The van der Waals surface area contributed by atoms with Gasteiger partial charge in [-0.3, -0.25) is 0 Å². The van der Waals surface area contributed by atoms with Crippen molar-refractivity contribution in [3.8, 4) is 6.07 Å². The second kappa shape index (κ2) is 6.00. The number of nitriles is 1. The van der Waals surface area contributed by atoms with Gasteiger partial charge in [-0.1, -0.05) is 0 Å². The van der Waals surface area contributed by atoms with Crippen molar-refractivity contribution in [3.05, 3.63) is 0 Å². The highest BCUT2D eigenvalue weighted by atomic mass is 15.1. The number of nitrogens with zero attached hydrogens (tertiary/aromatic N) is 2. The van der Waals surface area contributed by atoms with E-state index in [-0.39, 0.29) is 0 Å². The molecule has 1 heterocycles. The van der Waals surface area contributed by atoms with Gasteiger partial charge in [0.1, 0.15) is 0 Å². The van der Waals surface area contributed by atoms with E-state index in [1.807, 2.05) is 0 Å². The summed E-state index contributed by atoms with van der Waals surface area (Å²) in [6, 6.07) is 2.54. The van der Waals surface area contributed by atoms with Crippen LogP contribution in [0.4, 0.5) is 0 Å². The SMILES string of the molecule is CC(CC#N)NCC1CCN(C)CC1. The van der Waals surface area contributed by atoms with Crippen LogP contribution in [0.15, 0.2) is 0 Å². The molecule has 1 aliphatic rings. The number of likely N-dealkylation sites (tertiary alicyclic amines) is 1. The standard InChI is InChI=1S/C11H21N3/c1-10(3-6-12)13-9-11-4-7-14(2)8-5-11/h10-11,13H,3-5,7-9H2,1-2H3. The Hall–Kier alpha value is -0.590. The second-order valence-electron chi connectivity index (χ2n) is 4.42. The predicted molar refractivity (Wildman–Crippen MR) is 57.9 cm³/mol. The van der Waals surface area contributed by atoms with E-state index in [1.54, 1.807) is 0 Å². The molecule has 1 aliphatic heterocycles. The number of piperidine rings is 1. The third kappa shape index (κ3) is 4.08. The predicted octanol–water partition coefficient (Wildman–Crippen LogP) is 1.22. The third-order valence-corrected chi connectivity index (χ3v) is 2.99. The highest BCUT2D eigenvalue weighted by Gasteiger charge is 2.16. The lowest BCUT2D eigenvalue weighted by atomic mass is 9.97. The van der Waals surface area contributed by atoms with Gasteiger partial charge in [-0.25, -0.2) is 0 Å². The summed E-state index contributed by atoms with van der Waals surface area (Å²) in [6.45, 7) is 5.60. The molecule has 1 saturated heterocycles. The van der Waals surface area contributed by atoms with Crippen molar-refractivity contribution < 1.29 is 0 Å². The van der Waals surface area contributed by atoms with E-state index in [2.05, 4.69) is 30.3 Å². The van der Waals surface area contributed by atoms with Gasteiger partial charge in [-0.15, -0.1) is 0 Å². The van der Waals surface area contributed by atoms with E-state index in [1.165, 1.54) is 25.9 Å². The minimum absolute atomic E-state index is 0.347. The van der Waals surface area contributed by atoms with Crippen LogP contribution in [0.25, 0.3) is 0 Å². The minimum atomic E-state index is 0.347. The monoisotopic (exact) mass is 195 g/mol. The number of hydrogen-bond acceptors (Lipinski definition) is 3. The Kier molecular flexibility index (Phi) is 4.92. The van der Waals surface area contributed by atoms with Crippen LogP contribution in [0, 0.1) is 17.2 Å². The summed E-state index contributed by atoms with van der Waals surface area (Å²) in [6.07, 6.45) is 3.21. The lowest BCUT2D eigenvalue weighted by Gasteiger charge is -2.29. The average molecular weight is 195 g/mol. The molecule has 0 radical (unpaired) electrons. The van der Waals surface area contributed by atoms with Gasteiger partial charge in [0.25, 0.3) is 0 Å². The molecule has 80 valence electrons. The Labute approximate surface area is 87.1 Å². The Morgan fingerprint density at radius 1 is 1.50 bits per heavy atom. The summed E-state index contributed by atoms with van der Waals surface area (Å²) in [7, 11) is 2.18. The normalized spacial score (nSPS) is 21.8. The Balaban J connectivity index is 2.10. The summed E-state index contributed by atoms with van der Waals surface area (Å²) < 4.78 is 0. The Morgan fingerprint density at radius 2 is 2.14 bits per heavy atom. The number of nitrogens with one attached hydrogen (secondary N) is 1. The van der Waals surface area contributed by atoms with E-state index in [9.17, 15) is 0 Å². The number of hydrogen-bond donors (Lipinski definition) is 1. The zero-order chi connectivity index (χ0) is 10.4. The van der Waals surface area contributed by atoms with Gasteiger partial charge in [-0.2, -0.15) is 5.26 Å². The molecule has 1 fully saturated rings. The van der Waals surface area contributed by atoms with Gasteiger partial charge in [0, 0.05) is 6.04 Å². The van der Waals surface area contributed by atoms with Crippen LogP contribution in [0.1, 0.15) is 26.2 Å². The number of rotatable bonds is 4. The average Bonchev–Trinajstić information content (AvgIpc) is 2.17. The Bertz CT molecular complexity index is 189. The smallest absolute Gasteiger partial charge is 0.0638 e.